The van der Waals surface area contributed by atoms with Gasteiger partial charge in [-0.15, -0.1) is 0 Å². The summed E-state index contributed by atoms with van der Waals surface area (Å²) >= 11 is 3.17. The summed E-state index contributed by atoms with van der Waals surface area (Å²) in [6.45, 7) is 14.6. The summed E-state index contributed by atoms with van der Waals surface area (Å²) in [6.07, 6.45) is 2.52. The molecule has 0 bridgehead atoms. The third-order valence-electron chi connectivity index (χ3n) is 9.66. The SMILES string of the molecule is CCc1c(C)c(OO)c(C)c(C)c1OC(=O)c1c(C)c(F)c(OC(=O)c2c(C)c(C)c(OC(=O)C3C(=O)C=C(O)C=C3OC)c(Br)c2O)c(CC)c1C. The van der Waals surface area contributed by atoms with E-state index in [0.717, 1.165) is 12.2 Å². The summed E-state index contributed by atoms with van der Waals surface area (Å²) in [5.74, 6) is -7.76. The van der Waals surface area contributed by atoms with Gasteiger partial charge in [0, 0.05) is 40.0 Å². The molecular weight excluding hydrogens is 759 g/mol. The molecule has 0 heterocycles. The number of carbonyl (C=O) groups is 4. The molecule has 0 aliphatic heterocycles. The van der Waals surface area contributed by atoms with Gasteiger partial charge in [0.25, 0.3) is 0 Å². The number of aliphatic hydroxyl groups excluding tert-OH is 1. The van der Waals surface area contributed by atoms with Crippen LogP contribution in [0.4, 0.5) is 4.39 Å². The maximum Gasteiger partial charge on any atom is 0.347 e. The molecule has 3 aromatic carbocycles. The number of ether oxygens (including phenoxy) is 4. The molecule has 1 atom stereocenters. The van der Waals surface area contributed by atoms with E-state index < -0.39 is 52.7 Å². The molecule has 282 valence electrons. The molecule has 14 heteroatoms. The Morgan fingerprint density at radius 2 is 1.25 bits per heavy atom. The van der Waals surface area contributed by atoms with Crippen molar-refractivity contribution >= 4 is 39.6 Å². The first kappa shape index (κ1) is 40.6. The fraction of sp³-hybridized carbons (Fsp3) is 0.333. The molecule has 0 radical (unpaired) electrons. The topological polar surface area (TPSA) is 175 Å². The van der Waals surface area contributed by atoms with E-state index in [9.17, 15) is 34.6 Å². The van der Waals surface area contributed by atoms with Crippen molar-refractivity contribution in [3.63, 3.8) is 0 Å². The average molecular weight is 800 g/mol. The second kappa shape index (κ2) is 15.8. The van der Waals surface area contributed by atoms with Gasteiger partial charge >= 0.3 is 17.9 Å². The van der Waals surface area contributed by atoms with Crippen LogP contribution in [0.25, 0.3) is 0 Å². The van der Waals surface area contributed by atoms with E-state index in [0.29, 0.717) is 34.2 Å². The predicted molar refractivity (Wildman–Crippen MR) is 194 cm³/mol. The minimum Gasteiger partial charge on any atom is -0.508 e. The third kappa shape index (κ3) is 7.12. The molecule has 0 saturated heterocycles. The van der Waals surface area contributed by atoms with Crippen LogP contribution in [0.1, 0.15) is 84.6 Å². The molecule has 0 amide bonds. The van der Waals surface area contributed by atoms with Gasteiger partial charge in [-0.2, -0.15) is 0 Å². The van der Waals surface area contributed by atoms with E-state index >= 15 is 4.39 Å². The molecule has 0 saturated carbocycles. The van der Waals surface area contributed by atoms with Crippen LogP contribution in [0.2, 0.25) is 0 Å². The highest BCUT2D eigenvalue weighted by molar-refractivity contribution is 9.10. The lowest BCUT2D eigenvalue weighted by atomic mass is 9.93. The number of benzene rings is 3. The van der Waals surface area contributed by atoms with Crippen LogP contribution >= 0.6 is 15.9 Å². The fourth-order valence-corrected chi connectivity index (χ4v) is 7.07. The monoisotopic (exact) mass is 798 g/mol. The molecule has 0 aromatic heterocycles. The molecule has 4 rings (SSSR count). The highest BCUT2D eigenvalue weighted by atomic mass is 79.9. The number of methoxy groups -OCH3 is 1. The number of hydrogen-bond acceptors (Lipinski definition) is 12. The van der Waals surface area contributed by atoms with Crippen LogP contribution in [0.15, 0.2) is 28.1 Å². The molecule has 1 aliphatic carbocycles. The van der Waals surface area contributed by atoms with E-state index in [1.165, 1.54) is 27.9 Å². The molecule has 1 aliphatic rings. The van der Waals surface area contributed by atoms with E-state index in [2.05, 4.69) is 20.8 Å². The van der Waals surface area contributed by atoms with Crippen LogP contribution in [0.3, 0.4) is 0 Å². The van der Waals surface area contributed by atoms with Crippen LogP contribution in [-0.2, 0) is 27.2 Å². The zero-order valence-corrected chi connectivity index (χ0v) is 32.5. The Kier molecular flexibility index (Phi) is 12.1. The van der Waals surface area contributed by atoms with Gasteiger partial charge in [0.1, 0.15) is 33.1 Å². The molecule has 53 heavy (non-hydrogen) atoms. The first-order valence-electron chi connectivity index (χ1n) is 16.5. The number of allylic oxidation sites excluding steroid dienone is 2. The molecule has 0 spiro atoms. The van der Waals surface area contributed by atoms with Crippen molar-refractivity contribution in [2.45, 2.75) is 75.2 Å². The minimum absolute atomic E-state index is 0.0594. The highest BCUT2D eigenvalue weighted by Gasteiger charge is 2.37. The van der Waals surface area contributed by atoms with Crippen molar-refractivity contribution in [2.75, 3.05) is 7.11 Å². The first-order valence-corrected chi connectivity index (χ1v) is 17.3. The van der Waals surface area contributed by atoms with Gasteiger partial charge in [0.2, 0.25) is 0 Å². The van der Waals surface area contributed by atoms with Crippen LogP contribution in [-0.4, -0.2) is 46.3 Å². The Hall–Kier alpha value is -5.21. The summed E-state index contributed by atoms with van der Waals surface area (Å²) in [4.78, 5) is 57.8. The number of halogens is 2. The molecule has 3 aromatic rings. The predicted octanol–water partition coefficient (Wildman–Crippen LogP) is 7.94. The van der Waals surface area contributed by atoms with Crippen LogP contribution in [0.5, 0.6) is 28.7 Å². The van der Waals surface area contributed by atoms with Gasteiger partial charge in [-0.05, 0) is 99.5 Å². The van der Waals surface area contributed by atoms with E-state index in [1.54, 1.807) is 34.6 Å². The number of esters is 3. The lowest BCUT2D eigenvalue weighted by Crippen LogP contribution is -2.32. The van der Waals surface area contributed by atoms with Crippen molar-refractivity contribution in [3.8, 4) is 28.7 Å². The Balaban J connectivity index is 1.72. The zero-order chi connectivity index (χ0) is 39.8. The molecule has 12 nitrogen and oxygen atoms in total. The smallest absolute Gasteiger partial charge is 0.347 e. The number of aliphatic hydroxyl groups is 1. The van der Waals surface area contributed by atoms with Gasteiger partial charge in [-0.3, -0.25) is 9.59 Å². The Morgan fingerprint density at radius 1 is 0.717 bits per heavy atom. The Morgan fingerprint density at radius 3 is 1.81 bits per heavy atom. The lowest BCUT2D eigenvalue weighted by Gasteiger charge is -2.22. The van der Waals surface area contributed by atoms with Crippen molar-refractivity contribution in [1.82, 2.24) is 0 Å². The van der Waals surface area contributed by atoms with E-state index in [4.69, 9.17) is 18.9 Å². The van der Waals surface area contributed by atoms with Crippen LogP contribution in [0, 0.1) is 60.2 Å². The number of phenols is 1. The highest BCUT2D eigenvalue weighted by Crippen LogP contribution is 2.44. The summed E-state index contributed by atoms with van der Waals surface area (Å²) in [7, 11) is 1.21. The Bertz CT molecular complexity index is 2120. The van der Waals surface area contributed by atoms with Crippen molar-refractivity contribution in [1.29, 1.82) is 0 Å². The largest absolute Gasteiger partial charge is 0.508 e. The molecule has 3 N–H and O–H groups in total. The van der Waals surface area contributed by atoms with Gasteiger partial charge < -0.3 is 34.0 Å². The number of rotatable bonds is 10. The van der Waals surface area contributed by atoms with Crippen LogP contribution < -0.4 is 19.1 Å². The summed E-state index contributed by atoms with van der Waals surface area (Å²) < 4.78 is 38.2. The second-order valence-electron chi connectivity index (χ2n) is 12.5. The standard InChI is InChI=1S/C39H40BrFO12/c1-11-23-19(7)27(37(45)50-34-18(6)17(5)33(53-48)20(8)24(34)12-2)21(9)31(41)36(23)52-38(46)28-15(3)16(4)35(30(40)32(28)44)51-39(47)29-25(43)13-22(42)14-26(29)49-10/h13-14,29,42,44,48H,11-12H2,1-10H3. The quantitative estimate of drug-likeness (QED) is 0.0595. The number of carbonyl (C=O) groups excluding carboxylic acids is 4. The maximum absolute atomic E-state index is 16.3. The fourth-order valence-electron chi connectivity index (χ4n) is 6.49. The average Bonchev–Trinajstić information content (AvgIpc) is 3.10. The van der Waals surface area contributed by atoms with Gasteiger partial charge in [-0.25, -0.2) is 19.2 Å². The van der Waals surface area contributed by atoms with E-state index in [1.807, 2.05) is 6.92 Å². The number of phenolic OH excluding ortho intramolecular Hbond substituents is 1. The number of hydrogen-bond donors (Lipinski definition) is 3. The molecule has 0 fully saturated rings. The third-order valence-corrected chi connectivity index (χ3v) is 10.4. The minimum atomic E-state index is -1.54. The molecular formula is C39H40BrFO12. The van der Waals surface area contributed by atoms with Crippen molar-refractivity contribution in [3.05, 3.63) is 95.2 Å². The summed E-state index contributed by atoms with van der Waals surface area (Å²) in [5, 5.41) is 30.4. The molecule has 1 unspecified atom stereocenters. The first-order chi connectivity index (χ1) is 24.9. The van der Waals surface area contributed by atoms with Crippen molar-refractivity contribution < 1.29 is 62.9 Å². The number of ketones is 1. The van der Waals surface area contributed by atoms with Crippen molar-refractivity contribution in [2.24, 2.45) is 5.92 Å². The summed E-state index contributed by atoms with van der Waals surface area (Å²) in [5.41, 5.74) is 2.58. The summed E-state index contributed by atoms with van der Waals surface area (Å²) in [6, 6.07) is 0. The maximum atomic E-state index is 16.3. The van der Waals surface area contributed by atoms with E-state index in [-0.39, 0.29) is 67.3 Å². The van der Waals surface area contributed by atoms with Gasteiger partial charge in [0.05, 0.1) is 12.7 Å². The normalized spacial score (nSPS) is 14.0. The second-order valence-corrected chi connectivity index (χ2v) is 13.3. The lowest BCUT2D eigenvalue weighted by molar-refractivity contribution is -0.142. The number of aromatic hydroxyl groups is 1. The van der Waals surface area contributed by atoms with Gasteiger partial charge in [0.15, 0.2) is 34.8 Å². The Labute approximate surface area is 313 Å². The van der Waals surface area contributed by atoms with Gasteiger partial charge in [-0.1, -0.05) is 13.8 Å². The zero-order valence-electron chi connectivity index (χ0n) is 30.9.